The summed E-state index contributed by atoms with van der Waals surface area (Å²) in [6, 6.07) is 8.28. The number of aromatic nitrogens is 2. The van der Waals surface area contributed by atoms with E-state index in [-0.39, 0.29) is 0 Å². The average molecular weight is 354 g/mol. The summed E-state index contributed by atoms with van der Waals surface area (Å²) in [5.41, 5.74) is 2.24. The van der Waals surface area contributed by atoms with E-state index in [9.17, 15) is 4.79 Å². The number of hydrogen-bond donors (Lipinski definition) is 0. The van der Waals surface area contributed by atoms with E-state index in [0.717, 1.165) is 62.7 Å². The normalized spacial score (nSPS) is 19.9. The number of rotatable bonds is 5. The maximum absolute atomic E-state index is 12.5. The Hall–Kier alpha value is -1.88. The van der Waals surface area contributed by atoms with E-state index in [1.165, 1.54) is 32.1 Å². The van der Waals surface area contributed by atoms with Crippen LogP contribution in [0.3, 0.4) is 0 Å². The second kappa shape index (κ2) is 8.21. The fourth-order valence-corrected chi connectivity index (χ4v) is 4.41. The van der Waals surface area contributed by atoms with Gasteiger partial charge < -0.3 is 4.90 Å². The number of pyridine rings is 1. The van der Waals surface area contributed by atoms with Gasteiger partial charge in [0.1, 0.15) is 0 Å². The molecule has 1 saturated carbocycles. The summed E-state index contributed by atoms with van der Waals surface area (Å²) in [5.74, 6) is 1.16. The first kappa shape index (κ1) is 17.5. The van der Waals surface area contributed by atoms with Gasteiger partial charge in [0.05, 0.1) is 11.2 Å². The molecule has 4 rings (SSSR count). The van der Waals surface area contributed by atoms with Crippen molar-refractivity contribution >= 4 is 11.4 Å². The summed E-state index contributed by atoms with van der Waals surface area (Å²) >= 11 is 0. The van der Waals surface area contributed by atoms with Crippen molar-refractivity contribution in [2.75, 3.05) is 26.2 Å². The number of hydrogen-bond acceptors (Lipinski definition) is 3. The molecule has 0 N–H and O–H groups in total. The maximum Gasteiger partial charge on any atom is 0.222 e. The van der Waals surface area contributed by atoms with Crippen LogP contribution in [0.25, 0.3) is 5.52 Å². The molecule has 26 heavy (non-hydrogen) atoms. The van der Waals surface area contributed by atoms with E-state index in [4.69, 9.17) is 0 Å². The quantitative estimate of drug-likeness (QED) is 0.827. The van der Waals surface area contributed by atoms with Gasteiger partial charge in [-0.15, -0.1) is 0 Å². The molecule has 2 aliphatic rings. The van der Waals surface area contributed by atoms with Crippen LogP contribution in [-0.2, 0) is 11.3 Å². The molecule has 1 aliphatic heterocycles. The van der Waals surface area contributed by atoms with Crippen LogP contribution >= 0.6 is 0 Å². The molecule has 1 amide bonds. The third-order valence-electron chi connectivity index (χ3n) is 6.02. The van der Waals surface area contributed by atoms with E-state index in [1.54, 1.807) is 0 Å². The highest BCUT2D eigenvalue weighted by Crippen LogP contribution is 2.27. The van der Waals surface area contributed by atoms with Gasteiger partial charge in [-0.05, 0) is 30.5 Å². The van der Waals surface area contributed by atoms with Crippen LogP contribution < -0.4 is 0 Å². The molecule has 140 valence electrons. The molecular weight excluding hydrogens is 324 g/mol. The van der Waals surface area contributed by atoms with Gasteiger partial charge in [-0.2, -0.15) is 5.10 Å². The zero-order valence-corrected chi connectivity index (χ0v) is 15.6. The van der Waals surface area contributed by atoms with Crippen LogP contribution in [0.4, 0.5) is 0 Å². The van der Waals surface area contributed by atoms with Gasteiger partial charge in [0.25, 0.3) is 0 Å². The number of carbonyl (C=O) groups excluding carboxylic acids is 1. The molecular formula is C21H30N4O. The SMILES string of the molecule is O=C(CCC1CCCCC1)N1CCN(Cc2cc3ccccn3n2)CC1. The highest BCUT2D eigenvalue weighted by molar-refractivity contribution is 5.76. The standard InChI is InChI=1S/C21H30N4O/c26-21(10-9-18-6-2-1-3-7-18)24-14-12-23(13-15-24)17-19-16-20-8-4-5-11-25(20)22-19/h4-5,8,11,16,18H,1-3,6-7,9-10,12-15,17H2. The van der Waals surface area contributed by atoms with Gasteiger partial charge in [0.2, 0.25) is 5.91 Å². The lowest BCUT2D eigenvalue weighted by Crippen LogP contribution is -2.48. The van der Waals surface area contributed by atoms with Crippen molar-refractivity contribution in [1.29, 1.82) is 0 Å². The lowest BCUT2D eigenvalue weighted by atomic mass is 9.86. The molecule has 2 aromatic rings. The van der Waals surface area contributed by atoms with Crippen LogP contribution in [0, 0.1) is 5.92 Å². The fraction of sp³-hybridized carbons (Fsp3) is 0.619. The Kier molecular flexibility index (Phi) is 5.54. The van der Waals surface area contributed by atoms with Gasteiger partial charge in [-0.1, -0.05) is 38.2 Å². The van der Waals surface area contributed by atoms with Crippen LogP contribution in [0.5, 0.6) is 0 Å². The van der Waals surface area contributed by atoms with E-state index >= 15 is 0 Å². The molecule has 3 heterocycles. The average Bonchev–Trinajstić information content (AvgIpc) is 3.10. The van der Waals surface area contributed by atoms with Crippen molar-refractivity contribution in [2.45, 2.75) is 51.5 Å². The Labute approximate surface area is 156 Å². The molecule has 5 heteroatoms. The third kappa shape index (κ3) is 4.26. The summed E-state index contributed by atoms with van der Waals surface area (Å²) in [6.07, 6.45) is 10.6. The highest BCUT2D eigenvalue weighted by atomic mass is 16.2. The van der Waals surface area contributed by atoms with Crippen LogP contribution in [0.1, 0.15) is 50.6 Å². The Bertz CT molecular complexity index is 693. The lowest BCUT2D eigenvalue weighted by molar-refractivity contribution is -0.133. The second-order valence-electron chi connectivity index (χ2n) is 7.91. The molecule has 0 atom stereocenters. The first-order valence-electron chi connectivity index (χ1n) is 10.2. The summed E-state index contributed by atoms with van der Waals surface area (Å²) in [5, 5.41) is 4.64. The van der Waals surface area contributed by atoms with E-state index in [1.807, 2.05) is 22.8 Å². The molecule has 1 aliphatic carbocycles. The Balaban J connectivity index is 1.22. The van der Waals surface area contributed by atoms with Gasteiger partial charge in [0.15, 0.2) is 0 Å². The number of fused-ring (bicyclic) bond motifs is 1. The number of piperazine rings is 1. The second-order valence-corrected chi connectivity index (χ2v) is 7.91. The summed E-state index contributed by atoms with van der Waals surface area (Å²) in [4.78, 5) is 17.0. The van der Waals surface area contributed by atoms with E-state index in [2.05, 4.69) is 27.0 Å². The van der Waals surface area contributed by atoms with Crippen LogP contribution in [0.2, 0.25) is 0 Å². The minimum atomic E-state index is 0.364. The van der Waals surface area contributed by atoms with Gasteiger partial charge in [-0.3, -0.25) is 9.69 Å². The van der Waals surface area contributed by atoms with E-state index in [0.29, 0.717) is 5.91 Å². The minimum absolute atomic E-state index is 0.364. The highest BCUT2D eigenvalue weighted by Gasteiger charge is 2.23. The molecule has 1 saturated heterocycles. The predicted octanol–water partition coefficient (Wildman–Crippen LogP) is 3.34. The lowest BCUT2D eigenvalue weighted by Gasteiger charge is -2.34. The molecule has 0 bridgehead atoms. The van der Waals surface area contributed by atoms with Crippen molar-refractivity contribution in [1.82, 2.24) is 19.4 Å². The predicted molar refractivity (Wildman–Crippen MR) is 103 cm³/mol. The molecule has 0 unspecified atom stereocenters. The summed E-state index contributed by atoms with van der Waals surface area (Å²) in [6.45, 7) is 4.48. The van der Waals surface area contributed by atoms with E-state index < -0.39 is 0 Å². The monoisotopic (exact) mass is 354 g/mol. The topological polar surface area (TPSA) is 40.9 Å². The molecule has 5 nitrogen and oxygen atoms in total. The summed E-state index contributed by atoms with van der Waals surface area (Å²) in [7, 11) is 0. The molecule has 0 aromatic carbocycles. The molecule has 2 fully saturated rings. The van der Waals surface area contributed by atoms with Crippen molar-refractivity contribution in [2.24, 2.45) is 5.92 Å². The number of nitrogens with zero attached hydrogens (tertiary/aromatic N) is 4. The first-order chi connectivity index (χ1) is 12.8. The number of carbonyl (C=O) groups is 1. The Morgan fingerprint density at radius 2 is 1.88 bits per heavy atom. The maximum atomic E-state index is 12.5. The fourth-order valence-electron chi connectivity index (χ4n) is 4.41. The Morgan fingerprint density at radius 1 is 1.08 bits per heavy atom. The van der Waals surface area contributed by atoms with Gasteiger partial charge >= 0.3 is 0 Å². The van der Waals surface area contributed by atoms with Crippen molar-refractivity contribution < 1.29 is 4.79 Å². The first-order valence-corrected chi connectivity index (χ1v) is 10.2. The van der Waals surface area contributed by atoms with Crippen LogP contribution in [0.15, 0.2) is 30.5 Å². The van der Waals surface area contributed by atoms with Crippen molar-refractivity contribution in [3.8, 4) is 0 Å². The molecule has 0 radical (unpaired) electrons. The van der Waals surface area contributed by atoms with Crippen LogP contribution in [-0.4, -0.2) is 51.5 Å². The minimum Gasteiger partial charge on any atom is -0.340 e. The smallest absolute Gasteiger partial charge is 0.222 e. The number of amides is 1. The van der Waals surface area contributed by atoms with Gasteiger partial charge in [0, 0.05) is 45.3 Å². The van der Waals surface area contributed by atoms with Crippen molar-refractivity contribution in [3.63, 3.8) is 0 Å². The van der Waals surface area contributed by atoms with Crippen molar-refractivity contribution in [3.05, 3.63) is 36.2 Å². The third-order valence-corrected chi connectivity index (χ3v) is 6.02. The van der Waals surface area contributed by atoms with Gasteiger partial charge in [-0.25, -0.2) is 4.52 Å². The molecule has 2 aromatic heterocycles. The largest absolute Gasteiger partial charge is 0.340 e. The molecule has 0 spiro atoms. The zero-order valence-electron chi connectivity index (χ0n) is 15.6. The Morgan fingerprint density at radius 3 is 2.65 bits per heavy atom. The summed E-state index contributed by atoms with van der Waals surface area (Å²) < 4.78 is 1.93. The zero-order chi connectivity index (χ0) is 17.8.